The summed E-state index contributed by atoms with van der Waals surface area (Å²) in [5.41, 5.74) is 0. The van der Waals surface area contributed by atoms with Crippen LogP contribution in [-0.2, 0) is 14.3 Å². The predicted octanol–water partition coefficient (Wildman–Crippen LogP) is 0.736. The van der Waals surface area contributed by atoms with Gasteiger partial charge in [0.25, 0.3) is 0 Å². The molecule has 1 saturated heterocycles. The van der Waals surface area contributed by atoms with Crippen LogP contribution < -0.4 is 0 Å². The zero-order valence-corrected chi connectivity index (χ0v) is 9.93. The van der Waals surface area contributed by atoms with Crippen molar-refractivity contribution >= 4 is 11.9 Å². The highest BCUT2D eigenvalue weighted by molar-refractivity contribution is 5.85. The van der Waals surface area contributed by atoms with E-state index in [1.165, 1.54) is 0 Å². The summed E-state index contributed by atoms with van der Waals surface area (Å²) in [6, 6.07) is 0. The lowest BCUT2D eigenvalue weighted by Gasteiger charge is -2.34. The van der Waals surface area contributed by atoms with Gasteiger partial charge in [-0.15, -0.1) is 0 Å². The maximum Gasteiger partial charge on any atom is 0.307 e. The summed E-state index contributed by atoms with van der Waals surface area (Å²) in [7, 11) is 0. The smallest absolute Gasteiger partial charge is 0.307 e. The molecule has 1 aliphatic heterocycles. The lowest BCUT2D eigenvalue weighted by molar-refractivity contribution is -0.154. The van der Waals surface area contributed by atoms with Crippen molar-refractivity contribution in [1.82, 2.24) is 4.90 Å². The molecule has 0 bridgehead atoms. The molecule has 0 aromatic carbocycles. The van der Waals surface area contributed by atoms with Gasteiger partial charge in [-0.25, -0.2) is 0 Å². The number of hydrogen-bond acceptors (Lipinski definition) is 3. The molecule has 5 heteroatoms. The number of carboxylic acids is 1. The zero-order valence-electron chi connectivity index (χ0n) is 9.93. The van der Waals surface area contributed by atoms with Gasteiger partial charge in [-0.2, -0.15) is 0 Å². The van der Waals surface area contributed by atoms with Gasteiger partial charge >= 0.3 is 5.97 Å². The van der Waals surface area contributed by atoms with E-state index in [0.29, 0.717) is 39.1 Å². The highest BCUT2D eigenvalue weighted by atomic mass is 16.5. The molecular formula is C12H19NO4. The zero-order chi connectivity index (χ0) is 12.3. The van der Waals surface area contributed by atoms with E-state index < -0.39 is 11.9 Å². The number of ether oxygens (including phenoxy) is 1. The number of carboxylic acid groups (broad SMARTS) is 1. The molecule has 1 aliphatic carbocycles. The van der Waals surface area contributed by atoms with Crippen LogP contribution in [0.4, 0.5) is 0 Å². The summed E-state index contributed by atoms with van der Waals surface area (Å²) >= 11 is 0. The quantitative estimate of drug-likeness (QED) is 0.774. The van der Waals surface area contributed by atoms with Gasteiger partial charge in [0, 0.05) is 13.1 Å². The minimum absolute atomic E-state index is 0.0143. The molecule has 0 unspecified atom stereocenters. The lowest BCUT2D eigenvalue weighted by atomic mass is 9.78. The van der Waals surface area contributed by atoms with Gasteiger partial charge in [0.05, 0.1) is 25.0 Å². The normalized spacial score (nSPS) is 30.0. The number of hydrogen-bond donors (Lipinski definition) is 1. The van der Waals surface area contributed by atoms with E-state index in [4.69, 9.17) is 9.84 Å². The van der Waals surface area contributed by atoms with Gasteiger partial charge in [-0.1, -0.05) is 12.8 Å². The Labute approximate surface area is 101 Å². The molecule has 1 N–H and O–H groups in total. The maximum absolute atomic E-state index is 12.3. The Hall–Kier alpha value is -1.10. The monoisotopic (exact) mass is 241 g/mol. The summed E-state index contributed by atoms with van der Waals surface area (Å²) in [6.07, 6.45) is 3.23. The molecule has 2 atom stereocenters. The molecule has 1 amide bonds. The van der Waals surface area contributed by atoms with Crippen molar-refractivity contribution < 1.29 is 19.4 Å². The Morgan fingerprint density at radius 3 is 2.24 bits per heavy atom. The van der Waals surface area contributed by atoms with Gasteiger partial charge in [-0.05, 0) is 12.8 Å². The fraction of sp³-hybridized carbons (Fsp3) is 0.833. The molecule has 0 aromatic rings. The number of nitrogens with zero attached hydrogens (tertiary/aromatic N) is 1. The molecule has 2 fully saturated rings. The van der Waals surface area contributed by atoms with Gasteiger partial charge < -0.3 is 14.7 Å². The molecule has 17 heavy (non-hydrogen) atoms. The predicted molar refractivity (Wildman–Crippen MR) is 60.5 cm³/mol. The molecule has 0 spiro atoms. The molecule has 1 saturated carbocycles. The molecule has 1 heterocycles. The average molecular weight is 241 g/mol. The van der Waals surface area contributed by atoms with Crippen molar-refractivity contribution in [2.75, 3.05) is 26.3 Å². The Bertz CT molecular complexity index is 299. The number of amides is 1. The van der Waals surface area contributed by atoms with Crippen LogP contribution in [0.15, 0.2) is 0 Å². The van der Waals surface area contributed by atoms with Gasteiger partial charge in [0.15, 0.2) is 0 Å². The first-order valence-corrected chi connectivity index (χ1v) is 6.29. The maximum atomic E-state index is 12.3. The van der Waals surface area contributed by atoms with Crippen molar-refractivity contribution in [3.05, 3.63) is 0 Å². The van der Waals surface area contributed by atoms with Crippen molar-refractivity contribution in [3.8, 4) is 0 Å². The Morgan fingerprint density at radius 1 is 1.06 bits per heavy atom. The van der Waals surface area contributed by atoms with Gasteiger partial charge in [-0.3, -0.25) is 9.59 Å². The summed E-state index contributed by atoms with van der Waals surface area (Å²) in [5, 5.41) is 9.16. The number of rotatable bonds is 2. The summed E-state index contributed by atoms with van der Waals surface area (Å²) in [6.45, 7) is 2.33. The van der Waals surface area contributed by atoms with Crippen molar-refractivity contribution in [2.24, 2.45) is 11.8 Å². The largest absolute Gasteiger partial charge is 0.481 e. The number of carbonyl (C=O) groups excluding carboxylic acids is 1. The average Bonchev–Trinajstić information content (AvgIpc) is 2.39. The number of aliphatic carboxylic acids is 1. The van der Waals surface area contributed by atoms with E-state index in [9.17, 15) is 9.59 Å². The van der Waals surface area contributed by atoms with E-state index >= 15 is 0 Å². The molecule has 0 aromatic heterocycles. The highest BCUT2D eigenvalue weighted by Gasteiger charge is 2.38. The van der Waals surface area contributed by atoms with E-state index in [-0.39, 0.29) is 11.8 Å². The first-order chi connectivity index (χ1) is 8.20. The van der Waals surface area contributed by atoms with Gasteiger partial charge in [0.2, 0.25) is 5.91 Å². The summed E-state index contributed by atoms with van der Waals surface area (Å²) in [4.78, 5) is 25.2. The fourth-order valence-corrected chi connectivity index (χ4v) is 2.74. The summed E-state index contributed by atoms with van der Waals surface area (Å²) in [5.74, 6) is -1.62. The second-order valence-electron chi connectivity index (χ2n) is 4.77. The van der Waals surface area contributed by atoms with Crippen LogP contribution in [0.2, 0.25) is 0 Å². The third kappa shape index (κ3) is 2.77. The standard InChI is InChI=1S/C12H19NO4/c14-11(13-5-7-17-8-6-13)9-3-1-2-4-10(9)12(15)16/h9-10H,1-8H2,(H,15,16)/t9-,10-/m0/s1. The molecule has 2 aliphatic rings. The van der Waals surface area contributed by atoms with Crippen LogP contribution in [0, 0.1) is 11.8 Å². The van der Waals surface area contributed by atoms with Crippen molar-refractivity contribution in [2.45, 2.75) is 25.7 Å². The lowest BCUT2D eigenvalue weighted by Crippen LogP contribution is -2.47. The molecule has 5 nitrogen and oxygen atoms in total. The van der Waals surface area contributed by atoms with Crippen LogP contribution in [-0.4, -0.2) is 48.2 Å². The number of morpholine rings is 1. The highest BCUT2D eigenvalue weighted by Crippen LogP contribution is 2.31. The van der Waals surface area contributed by atoms with E-state index in [1.807, 2.05) is 0 Å². The molecule has 2 rings (SSSR count). The second kappa shape index (κ2) is 5.49. The van der Waals surface area contributed by atoms with Crippen LogP contribution in [0.3, 0.4) is 0 Å². The van der Waals surface area contributed by atoms with Crippen LogP contribution >= 0.6 is 0 Å². The third-order valence-electron chi connectivity index (χ3n) is 3.72. The summed E-state index contributed by atoms with van der Waals surface area (Å²) < 4.78 is 5.20. The second-order valence-corrected chi connectivity index (χ2v) is 4.77. The van der Waals surface area contributed by atoms with Gasteiger partial charge in [0.1, 0.15) is 0 Å². The van der Waals surface area contributed by atoms with Crippen molar-refractivity contribution in [1.29, 1.82) is 0 Å². The van der Waals surface area contributed by atoms with E-state index in [1.54, 1.807) is 4.90 Å². The topological polar surface area (TPSA) is 66.8 Å². The van der Waals surface area contributed by atoms with E-state index in [2.05, 4.69) is 0 Å². The fourth-order valence-electron chi connectivity index (χ4n) is 2.74. The van der Waals surface area contributed by atoms with Crippen molar-refractivity contribution in [3.63, 3.8) is 0 Å². The number of carbonyl (C=O) groups is 2. The first-order valence-electron chi connectivity index (χ1n) is 6.29. The molecular weight excluding hydrogens is 222 g/mol. The SMILES string of the molecule is O=C(O)[C@H]1CCCC[C@@H]1C(=O)N1CCOCC1. The molecule has 96 valence electrons. The first kappa shape index (κ1) is 12.4. The van der Waals surface area contributed by atoms with Crippen LogP contribution in [0.5, 0.6) is 0 Å². The minimum Gasteiger partial charge on any atom is -0.481 e. The Morgan fingerprint density at radius 2 is 1.65 bits per heavy atom. The van der Waals surface area contributed by atoms with Crippen LogP contribution in [0.1, 0.15) is 25.7 Å². The minimum atomic E-state index is -0.823. The van der Waals surface area contributed by atoms with E-state index in [0.717, 1.165) is 12.8 Å². The third-order valence-corrected chi connectivity index (χ3v) is 3.72. The van der Waals surface area contributed by atoms with Crippen LogP contribution in [0.25, 0.3) is 0 Å². The Balaban J connectivity index is 2.02. The molecule has 0 radical (unpaired) electrons. The Kier molecular flexibility index (Phi) is 3.99.